The van der Waals surface area contributed by atoms with E-state index >= 15 is 28.8 Å². The maximum absolute atomic E-state index is 16.6. The van der Waals surface area contributed by atoms with Crippen LogP contribution in [0.25, 0.3) is 16.7 Å². The fourth-order valence-electron chi connectivity index (χ4n) is 14.3. The van der Waals surface area contributed by atoms with E-state index < -0.39 is 119 Å². The van der Waals surface area contributed by atoms with Gasteiger partial charge in [0.05, 0.1) is 148 Å². The normalized spacial score (nSPS) is 22.0. The number of aliphatic hydroxyl groups excluding tert-OH is 1. The number of ether oxygens (including phenoxy) is 23. The Labute approximate surface area is 576 Å². The summed E-state index contributed by atoms with van der Waals surface area (Å²) >= 11 is 0. The van der Waals surface area contributed by atoms with Crippen molar-refractivity contribution in [1.29, 1.82) is 0 Å². The summed E-state index contributed by atoms with van der Waals surface area (Å²) < 4.78 is 141. The molecule has 1 saturated heterocycles. The van der Waals surface area contributed by atoms with Crippen LogP contribution in [0.4, 0.5) is 0 Å². The van der Waals surface area contributed by atoms with Crippen LogP contribution in [-0.2, 0) is 44.4 Å². The van der Waals surface area contributed by atoms with Crippen LogP contribution >= 0.6 is 0 Å². The lowest BCUT2D eigenvalue weighted by molar-refractivity contribution is -0.200. The van der Waals surface area contributed by atoms with Crippen LogP contribution < -0.4 is 80.5 Å². The first-order valence-corrected chi connectivity index (χ1v) is 30.9. The van der Waals surface area contributed by atoms with Gasteiger partial charge in [-0.3, -0.25) is 9.59 Å². The zero-order valence-electron chi connectivity index (χ0n) is 57.5. The predicted molar refractivity (Wildman–Crippen MR) is 345 cm³/mol. The zero-order valence-corrected chi connectivity index (χ0v) is 57.5. The van der Waals surface area contributed by atoms with Crippen molar-refractivity contribution in [2.45, 2.75) is 54.6 Å². The summed E-state index contributed by atoms with van der Waals surface area (Å²) in [6.45, 7) is -1.15. The van der Waals surface area contributed by atoms with Crippen molar-refractivity contribution >= 4 is 41.2 Å². The van der Waals surface area contributed by atoms with Gasteiger partial charge in [-0.15, -0.1) is 0 Å². The molecule has 4 bridgehead atoms. The van der Waals surface area contributed by atoms with Crippen molar-refractivity contribution in [1.82, 2.24) is 0 Å². The summed E-state index contributed by atoms with van der Waals surface area (Å²) in [7, 11) is 20.6. The van der Waals surface area contributed by atoms with Gasteiger partial charge in [-0.25, -0.2) is 19.2 Å². The Morgan fingerprint density at radius 2 is 0.950 bits per heavy atom. The number of carbonyl (C=O) groups is 6. The van der Waals surface area contributed by atoms with Gasteiger partial charge in [0.1, 0.15) is 35.9 Å². The molecule has 9 atom stereocenters. The molecule has 13 rings (SSSR count). The Morgan fingerprint density at radius 3 is 1.46 bits per heavy atom. The van der Waals surface area contributed by atoms with Crippen LogP contribution in [0.15, 0.2) is 60.4 Å². The van der Waals surface area contributed by atoms with E-state index in [-0.39, 0.29) is 132 Å². The number of aliphatic hydroxyl groups is 1. The number of hydrogen-bond donors (Lipinski definition) is 1. The Morgan fingerprint density at radius 1 is 0.465 bits per heavy atom. The quantitative estimate of drug-likeness (QED) is 0.0589. The molecule has 2 unspecified atom stereocenters. The molecular formula is C71H70O30. The maximum atomic E-state index is 16.6. The fourth-order valence-corrected chi connectivity index (χ4v) is 14.3. The van der Waals surface area contributed by atoms with Crippen molar-refractivity contribution in [2.75, 3.05) is 120 Å². The van der Waals surface area contributed by atoms with E-state index in [0.29, 0.717) is 17.1 Å². The summed E-state index contributed by atoms with van der Waals surface area (Å²) in [5.41, 5.74) is -4.96. The molecule has 6 aromatic rings. The first kappa shape index (κ1) is 69.3. The third-order valence-corrected chi connectivity index (χ3v) is 18.6. The summed E-state index contributed by atoms with van der Waals surface area (Å²) in [6, 6.07) is 12.5. The molecule has 0 saturated carbocycles. The molecule has 30 heteroatoms. The molecule has 534 valence electrons. The summed E-state index contributed by atoms with van der Waals surface area (Å²) in [5, 5.41) is 12.3. The predicted octanol–water partition coefficient (Wildman–Crippen LogP) is 7.08. The maximum Gasteiger partial charge on any atom is 0.339 e. The van der Waals surface area contributed by atoms with Crippen LogP contribution in [0, 0.1) is 5.92 Å². The Kier molecular flexibility index (Phi) is 18.7. The van der Waals surface area contributed by atoms with Gasteiger partial charge < -0.3 is 114 Å². The molecule has 30 nitrogen and oxygen atoms in total. The van der Waals surface area contributed by atoms with Gasteiger partial charge in [0.25, 0.3) is 0 Å². The molecule has 0 aromatic heterocycles. The van der Waals surface area contributed by atoms with Crippen molar-refractivity contribution in [3.05, 3.63) is 105 Å². The molecule has 7 aliphatic rings. The first-order valence-electron chi connectivity index (χ1n) is 30.9. The molecule has 0 amide bonds. The van der Waals surface area contributed by atoms with Crippen molar-refractivity contribution in [2.24, 2.45) is 5.92 Å². The van der Waals surface area contributed by atoms with Crippen molar-refractivity contribution in [3.8, 4) is 109 Å². The molecule has 6 aromatic carbocycles. The smallest absolute Gasteiger partial charge is 0.339 e. The van der Waals surface area contributed by atoms with E-state index in [1.165, 1.54) is 143 Å². The Balaban J connectivity index is 1.17. The van der Waals surface area contributed by atoms with Gasteiger partial charge in [-0.2, -0.15) is 0 Å². The number of methoxy groups -OCH3 is 16. The van der Waals surface area contributed by atoms with E-state index in [9.17, 15) is 5.11 Å². The second kappa shape index (κ2) is 27.3. The van der Waals surface area contributed by atoms with Gasteiger partial charge in [-0.05, 0) is 48.0 Å². The first-order chi connectivity index (χ1) is 48.8. The van der Waals surface area contributed by atoms with Gasteiger partial charge in [0.2, 0.25) is 34.4 Å². The molecule has 1 fully saturated rings. The van der Waals surface area contributed by atoms with Crippen LogP contribution in [-0.4, -0.2) is 197 Å². The number of cyclic esters (lactones) is 2. The van der Waals surface area contributed by atoms with Crippen LogP contribution in [0.5, 0.6) is 97.7 Å². The second-order valence-corrected chi connectivity index (χ2v) is 23.1. The van der Waals surface area contributed by atoms with E-state index in [4.69, 9.17) is 109 Å². The third-order valence-electron chi connectivity index (χ3n) is 18.6. The van der Waals surface area contributed by atoms with E-state index in [1.807, 2.05) is 0 Å². The van der Waals surface area contributed by atoms with Crippen molar-refractivity contribution in [3.63, 3.8) is 0 Å². The molecule has 6 heterocycles. The molecule has 1 spiro atoms. The largest absolute Gasteiger partial charge is 0.496 e. The highest BCUT2D eigenvalue weighted by molar-refractivity contribution is 6.21. The van der Waals surface area contributed by atoms with Gasteiger partial charge in [0, 0.05) is 45.9 Å². The topological polar surface area (TPSA) is 335 Å². The van der Waals surface area contributed by atoms with Crippen LogP contribution in [0.2, 0.25) is 0 Å². The number of fused-ring (bicyclic) bond motifs is 9. The number of hydrogen-bond acceptors (Lipinski definition) is 30. The van der Waals surface area contributed by atoms with Crippen LogP contribution in [0.3, 0.4) is 0 Å². The molecule has 1 aliphatic carbocycles. The highest BCUT2D eigenvalue weighted by Crippen LogP contribution is 2.68. The van der Waals surface area contributed by atoms with Crippen LogP contribution in [0.1, 0.15) is 75.7 Å². The van der Waals surface area contributed by atoms with Gasteiger partial charge >= 0.3 is 29.8 Å². The Bertz CT molecular complexity index is 4410. The third kappa shape index (κ3) is 10.6. The number of Topliss-reactive ketones (excluding diaryl/α,β-unsaturated/α-hetero) is 1. The second-order valence-electron chi connectivity index (χ2n) is 23.1. The number of carbonyl (C=O) groups excluding carboxylic acids is 6. The summed E-state index contributed by atoms with van der Waals surface area (Å²) in [6.07, 6.45) is -12.0. The lowest BCUT2D eigenvalue weighted by Gasteiger charge is -2.47. The molecule has 1 N–H and O–H groups in total. The number of esters is 5. The number of ketones is 1. The minimum absolute atomic E-state index is 0.0352. The minimum atomic E-state index is -2.64. The van der Waals surface area contributed by atoms with E-state index in [0.717, 1.165) is 7.11 Å². The highest BCUT2D eigenvalue weighted by atomic mass is 16.7. The summed E-state index contributed by atoms with van der Waals surface area (Å²) in [5.74, 6) is -12.9. The fraction of sp³-hybridized carbons (Fsp3) is 0.380. The average Bonchev–Trinajstić information content (AvgIpc) is 1.50. The highest BCUT2D eigenvalue weighted by Gasteiger charge is 2.76. The molecular weight excluding hydrogens is 1330 g/mol. The molecule has 101 heavy (non-hydrogen) atoms. The minimum Gasteiger partial charge on any atom is -0.496 e. The lowest BCUT2D eigenvalue weighted by Crippen LogP contribution is -2.65. The Hall–Kier alpha value is -11.6. The van der Waals surface area contributed by atoms with E-state index in [2.05, 4.69) is 0 Å². The standard InChI is InChI=1S/C71H70O30/c1-79-35-18-17-28(19-37(35)80-2)52-34(72)22-30-36(96-52)26-38(81-3)48-50-63-64(100-69(77)33-25-43(86-8)57(90-12)61(93-15)47(33)49-51(70(78)99-63)71(50,101-53(30)48)65(73)62(49)94-16)58-44(97-66(74)29-20-39(82-4)54(87-9)40(21-29)83-5)27-95-67(75)31-23-41(84-6)55(88-10)59(91-13)45(31)46-32(68(76)98-58)24-42(85-7)56(89-11)60(46)92-14/h17-21,23-26,34,44,50-52,58,63-64,72H,22,27H2,1-16H3/t34-,44+,50-,51?,52-,58+,63+,64+,71?/m1/s1. The van der Waals surface area contributed by atoms with Gasteiger partial charge in [0.15, 0.2) is 87.7 Å². The van der Waals surface area contributed by atoms with Gasteiger partial charge in [-0.1, -0.05) is 6.07 Å². The number of rotatable bonds is 20. The SMILES string of the molecule is COC1=C2c3c(cc(OC)c(OC)c3OC)C(=O)O[C@@H]([C@H]3OC(=O)c4cc(OC)c(OC)c(OC)c4-c4c(cc(OC)c(OC)c4OC)C(=O)OC[C@@H]3OC(=O)c3cc(OC)c(OC)c(OC)c3)[C@H]3OC(=O)C2C2(Oc4c5c(cc(OC)c4[C@H]32)O[C@H](c2ccc(OC)c(OC)c2)[C@H](O)C5)C1=O. The lowest BCUT2D eigenvalue weighted by atomic mass is 9.67. The van der Waals surface area contributed by atoms with E-state index in [1.54, 1.807) is 18.2 Å². The molecule has 6 aliphatic heterocycles. The van der Waals surface area contributed by atoms with Crippen molar-refractivity contribution < 1.29 is 143 Å². The monoisotopic (exact) mass is 1400 g/mol. The zero-order chi connectivity index (χ0) is 72.4. The molecule has 0 radical (unpaired) electrons. The average molecular weight is 1400 g/mol. The summed E-state index contributed by atoms with van der Waals surface area (Å²) in [4.78, 5) is 96.7. The number of benzene rings is 6.